The van der Waals surface area contributed by atoms with Crippen LogP contribution in [0.4, 0.5) is 16.2 Å². The van der Waals surface area contributed by atoms with Crippen LogP contribution in [-0.2, 0) is 16.0 Å². The van der Waals surface area contributed by atoms with Gasteiger partial charge in [0, 0.05) is 38.2 Å². The van der Waals surface area contributed by atoms with Gasteiger partial charge in [0.05, 0.1) is 11.9 Å². The number of ether oxygens (including phenoxy) is 1. The maximum absolute atomic E-state index is 12.4. The second-order valence-electron chi connectivity index (χ2n) is 8.06. The number of rotatable bonds is 5. The molecular weight excluding hydrogens is 386 g/mol. The van der Waals surface area contributed by atoms with Crippen molar-refractivity contribution in [2.24, 2.45) is 5.41 Å². The first-order valence-electron chi connectivity index (χ1n) is 9.67. The Morgan fingerprint density at radius 3 is 2.30 bits per heavy atom. The fourth-order valence-corrected chi connectivity index (χ4v) is 3.31. The number of aliphatic hydroxyl groups is 1. The number of aliphatic hydroxyl groups excluding tert-OH is 1. The van der Waals surface area contributed by atoms with E-state index < -0.39 is 6.09 Å². The van der Waals surface area contributed by atoms with Gasteiger partial charge < -0.3 is 9.84 Å². The SMILES string of the molecule is CN(C(=O)Oc1ccc(N2C(=O)CC(C)(C)CC2=O)cn1)c1ccc(CCO)cc1. The molecule has 8 heteroatoms. The molecule has 1 saturated heterocycles. The van der Waals surface area contributed by atoms with Crippen molar-refractivity contribution in [3.05, 3.63) is 48.2 Å². The summed E-state index contributed by atoms with van der Waals surface area (Å²) < 4.78 is 5.28. The Kier molecular flexibility index (Phi) is 6.17. The lowest BCUT2D eigenvalue weighted by atomic mass is 9.81. The molecule has 8 nitrogen and oxygen atoms in total. The third kappa shape index (κ3) is 4.83. The van der Waals surface area contributed by atoms with Crippen LogP contribution in [0.25, 0.3) is 0 Å². The molecule has 0 unspecified atom stereocenters. The van der Waals surface area contributed by atoms with E-state index in [1.54, 1.807) is 19.2 Å². The Morgan fingerprint density at radius 2 is 1.77 bits per heavy atom. The van der Waals surface area contributed by atoms with Crippen molar-refractivity contribution in [3.8, 4) is 5.88 Å². The van der Waals surface area contributed by atoms with Crippen molar-refractivity contribution in [1.29, 1.82) is 0 Å². The van der Waals surface area contributed by atoms with Gasteiger partial charge in [0.25, 0.3) is 0 Å². The van der Waals surface area contributed by atoms with E-state index in [-0.39, 0.29) is 42.6 Å². The molecule has 3 rings (SSSR count). The first kappa shape index (κ1) is 21.4. The van der Waals surface area contributed by atoms with Crippen molar-refractivity contribution in [3.63, 3.8) is 0 Å². The lowest BCUT2D eigenvalue weighted by Crippen LogP contribution is -2.46. The molecule has 2 aromatic rings. The summed E-state index contributed by atoms with van der Waals surface area (Å²) in [7, 11) is 1.57. The molecule has 0 radical (unpaired) electrons. The van der Waals surface area contributed by atoms with Crippen LogP contribution in [0.3, 0.4) is 0 Å². The van der Waals surface area contributed by atoms with Crippen molar-refractivity contribution >= 4 is 29.3 Å². The topological polar surface area (TPSA) is 100 Å². The number of carbonyl (C=O) groups excluding carboxylic acids is 3. The molecule has 0 spiro atoms. The molecule has 0 atom stereocenters. The third-order valence-electron chi connectivity index (χ3n) is 4.93. The molecule has 1 aromatic heterocycles. The molecular formula is C22H25N3O5. The van der Waals surface area contributed by atoms with Crippen LogP contribution >= 0.6 is 0 Å². The van der Waals surface area contributed by atoms with Gasteiger partial charge in [0.2, 0.25) is 17.7 Å². The van der Waals surface area contributed by atoms with Gasteiger partial charge in [-0.3, -0.25) is 14.5 Å². The number of piperidine rings is 1. The molecule has 1 fully saturated rings. The van der Waals surface area contributed by atoms with E-state index in [2.05, 4.69) is 4.98 Å². The fourth-order valence-electron chi connectivity index (χ4n) is 3.31. The average Bonchev–Trinajstić information content (AvgIpc) is 2.68. The zero-order valence-electron chi connectivity index (χ0n) is 17.3. The van der Waals surface area contributed by atoms with Crippen molar-refractivity contribution < 1.29 is 24.2 Å². The third-order valence-corrected chi connectivity index (χ3v) is 4.93. The lowest BCUT2D eigenvalue weighted by Gasteiger charge is -2.34. The van der Waals surface area contributed by atoms with Gasteiger partial charge in [-0.1, -0.05) is 26.0 Å². The van der Waals surface area contributed by atoms with Crippen molar-refractivity contribution in [2.75, 3.05) is 23.5 Å². The molecule has 0 aliphatic carbocycles. The van der Waals surface area contributed by atoms with Crippen LogP contribution in [0.1, 0.15) is 32.3 Å². The van der Waals surface area contributed by atoms with Gasteiger partial charge in [0.1, 0.15) is 0 Å². The molecule has 0 saturated carbocycles. The molecule has 1 N–H and O–H groups in total. The highest BCUT2D eigenvalue weighted by Crippen LogP contribution is 2.34. The van der Waals surface area contributed by atoms with E-state index in [4.69, 9.17) is 9.84 Å². The Bertz CT molecular complexity index is 918. The van der Waals surface area contributed by atoms with Gasteiger partial charge in [-0.15, -0.1) is 0 Å². The largest absolute Gasteiger partial charge is 0.420 e. The molecule has 1 aliphatic heterocycles. The number of imide groups is 1. The number of anilines is 2. The minimum Gasteiger partial charge on any atom is -0.396 e. The van der Waals surface area contributed by atoms with Crippen LogP contribution < -0.4 is 14.5 Å². The zero-order chi connectivity index (χ0) is 21.9. The summed E-state index contributed by atoms with van der Waals surface area (Å²) in [6, 6.07) is 10.2. The molecule has 1 aliphatic rings. The summed E-state index contributed by atoms with van der Waals surface area (Å²) >= 11 is 0. The van der Waals surface area contributed by atoms with Crippen molar-refractivity contribution in [1.82, 2.24) is 4.98 Å². The number of benzene rings is 1. The summed E-state index contributed by atoms with van der Waals surface area (Å²) in [5, 5.41) is 8.97. The van der Waals surface area contributed by atoms with Gasteiger partial charge in [0.15, 0.2) is 0 Å². The smallest absolute Gasteiger partial charge is 0.396 e. The first-order chi connectivity index (χ1) is 14.2. The minimum atomic E-state index is -0.628. The summed E-state index contributed by atoms with van der Waals surface area (Å²) in [5.74, 6) is -0.482. The number of hydrogen-bond donors (Lipinski definition) is 1. The predicted molar refractivity (Wildman–Crippen MR) is 111 cm³/mol. The van der Waals surface area contributed by atoms with E-state index >= 15 is 0 Å². The Labute approximate surface area is 175 Å². The monoisotopic (exact) mass is 411 g/mol. The first-order valence-corrected chi connectivity index (χ1v) is 9.67. The zero-order valence-corrected chi connectivity index (χ0v) is 17.3. The molecule has 158 valence electrons. The van der Waals surface area contributed by atoms with E-state index in [0.29, 0.717) is 17.8 Å². The van der Waals surface area contributed by atoms with Crippen LogP contribution in [0.15, 0.2) is 42.6 Å². The Morgan fingerprint density at radius 1 is 1.13 bits per heavy atom. The summed E-state index contributed by atoms with van der Waals surface area (Å²) in [5.41, 5.74) is 1.60. The van der Waals surface area contributed by atoms with E-state index in [0.717, 1.165) is 10.5 Å². The van der Waals surface area contributed by atoms with Gasteiger partial charge in [-0.05, 0) is 35.6 Å². The maximum Gasteiger partial charge on any atom is 0.420 e. The molecule has 0 bridgehead atoms. The molecule has 1 aromatic carbocycles. The molecule has 2 heterocycles. The predicted octanol–water partition coefficient (Wildman–Crippen LogP) is 2.93. The second kappa shape index (κ2) is 8.62. The second-order valence-corrected chi connectivity index (χ2v) is 8.06. The van der Waals surface area contributed by atoms with Crippen LogP contribution in [0, 0.1) is 5.41 Å². The van der Waals surface area contributed by atoms with E-state index in [1.807, 2.05) is 26.0 Å². The van der Waals surface area contributed by atoms with Crippen molar-refractivity contribution in [2.45, 2.75) is 33.1 Å². The average molecular weight is 411 g/mol. The van der Waals surface area contributed by atoms with E-state index in [1.165, 1.54) is 23.2 Å². The number of carbonyl (C=O) groups is 3. The highest BCUT2D eigenvalue weighted by Gasteiger charge is 2.38. The number of aromatic nitrogens is 1. The normalized spacial score (nSPS) is 15.8. The lowest BCUT2D eigenvalue weighted by molar-refractivity contribution is -0.132. The minimum absolute atomic E-state index is 0.0599. The van der Waals surface area contributed by atoms with Crippen LogP contribution in [0.5, 0.6) is 5.88 Å². The summed E-state index contributed by atoms with van der Waals surface area (Å²) in [6.45, 7) is 3.83. The number of amides is 3. The number of nitrogens with zero attached hydrogens (tertiary/aromatic N) is 3. The highest BCUT2D eigenvalue weighted by atomic mass is 16.6. The molecule has 30 heavy (non-hydrogen) atoms. The Balaban J connectivity index is 1.66. The summed E-state index contributed by atoms with van der Waals surface area (Å²) in [6.07, 6.45) is 1.82. The van der Waals surface area contributed by atoms with E-state index in [9.17, 15) is 14.4 Å². The fraction of sp³-hybridized carbons (Fsp3) is 0.364. The Hall–Kier alpha value is -3.26. The van der Waals surface area contributed by atoms with Crippen LogP contribution in [-0.4, -0.2) is 41.7 Å². The molecule has 3 amide bonds. The van der Waals surface area contributed by atoms with Gasteiger partial charge in [-0.2, -0.15) is 0 Å². The maximum atomic E-state index is 12.4. The number of hydrogen-bond acceptors (Lipinski definition) is 6. The van der Waals surface area contributed by atoms with Gasteiger partial charge in [-0.25, -0.2) is 14.7 Å². The summed E-state index contributed by atoms with van der Waals surface area (Å²) in [4.78, 5) is 43.7. The quantitative estimate of drug-likeness (QED) is 0.760. The van der Waals surface area contributed by atoms with Crippen LogP contribution in [0.2, 0.25) is 0 Å². The van der Waals surface area contributed by atoms with Gasteiger partial charge >= 0.3 is 6.09 Å². The highest BCUT2D eigenvalue weighted by molar-refractivity contribution is 6.16. The standard InChI is InChI=1S/C22H25N3O5/c1-22(2)12-19(27)25(20(28)13-22)17-8-9-18(23-14-17)30-21(29)24(3)16-6-4-15(5-7-16)10-11-26/h4-9,14,26H,10-13H2,1-3H3. The number of pyridine rings is 1.